The highest BCUT2D eigenvalue weighted by Crippen LogP contribution is 2.21. The average molecular weight is 413 g/mol. The van der Waals surface area contributed by atoms with E-state index in [-0.39, 0.29) is 11.0 Å². The average Bonchev–Trinajstić information content (AvgIpc) is 2.55. The lowest BCUT2D eigenvalue weighted by atomic mass is 10.2. The Kier molecular flexibility index (Phi) is 9.99. The minimum absolute atomic E-state index is 0.264. The molecule has 0 bridgehead atoms. The number of allylic oxidation sites excluding steroid dienone is 2. The topological polar surface area (TPSA) is 89.9 Å². The van der Waals surface area contributed by atoms with Crippen molar-refractivity contribution < 1.29 is 24.1 Å². The van der Waals surface area contributed by atoms with E-state index in [2.05, 4.69) is 16.9 Å². The summed E-state index contributed by atoms with van der Waals surface area (Å²) in [6.45, 7) is 10.9. The number of pyridine rings is 1. The van der Waals surface area contributed by atoms with Crippen LogP contribution >= 0.6 is 11.6 Å². The van der Waals surface area contributed by atoms with Gasteiger partial charge in [-0.25, -0.2) is 9.78 Å². The van der Waals surface area contributed by atoms with Crippen LogP contribution in [-0.2, 0) is 15.9 Å². The number of hydrogen-bond donors (Lipinski definition) is 2. The summed E-state index contributed by atoms with van der Waals surface area (Å²) >= 11 is 5.96. The second-order valence-corrected chi connectivity index (χ2v) is 7.34. The molecule has 28 heavy (non-hydrogen) atoms. The van der Waals surface area contributed by atoms with Gasteiger partial charge in [-0.3, -0.25) is 0 Å². The van der Waals surface area contributed by atoms with E-state index in [4.69, 9.17) is 25.8 Å². The smallest absolute Gasteiger partial charge is 0.407 e. The van der Waals surface area contributed by atoms with Crippen molar-refractivity contribution in [2.24, 2.45) is 0 Å². The van der Waals surface area contributed by atoms with Crippen molar-refractivity contribution in [3.63, 3.8) is 0 Å². The number of halogens is 1. The Morgan fingerprint density at radius 1 is 1.43 bits per heavy atom. The van der Waals surface area contributed by atoms with Crippen LogP contribution in [0, 0.1) is 0 Å². The fraction of sp³-hybridized carbons (Fsp3) is 0.500. The lowest BCUT2D eigenvalue weighted by Crippen LogP contribution is -2.33. The molecular formula is C20H29ClN2O5. The number of ether oxygens (including phenoxy) is 3. The molecule has 2 N–H and O–H groups in total. The van der Waals surface area contributed by atoms with Crippen molar-refractivity contribution in [1.82, 2.24) is 10.3 Å². The van der Waals surface area contributed by atoms with Crippen LogP contribution in [0.5, 0.6) is 5.88 Å². The molecule has 0 aliphatic rings. The van der Waals surface area contributed by atoms with Gasteiger partial charge in [0.05, 0.1) is 0 Å². The minimum Gasteiger partial charge on any atom is -0.448 e. The van der Waals surface area contributed by atoms with Crippen LogP contribution in [0.4, 0.5) is 4.79 Å². The summed E-state index contributed by atoms with van der Waals surface area (Å²) in [5.74, 6) is 0.278. The predicted octanol–water partition coefficient (Wildman–Crippen LogP) is 3.99. The number of carbonyl (C=O) groups is 1. The molecule has 2 atom stereocenters. The van der Waals surface area contributed by atoms with Crippen molar-refractivity contribution in [2.75, 3.05) is 6.54 Å². The molecule has 1 amide bonds. The van der Waals surface area contributed by atoms with E-state index >= 15 is 0 Å². The van der Waals surface area contributed by atoms with Gasteiger partial charge in [0.15, 0.2) is 6.29 Å². The largest absolute Gasteiger partial charge is 0.448 e. The quantitative estimate of drug-likeness (QED) is 0.343. The number of aliphatic hydroxyl groups is 1. The SMILES string of the molecule is C=C/C=C\CC(O)OC(C)Oc1nc(Cl)ccc1CCNC(=O)OC(C)(C)C. The van der Waals surface area contributed by atoms with Crippen LogP contribution in [0.3, 0.4) is 0 Å². The first-order valence-electron chi connectivity index (χ1n) is 9.00. The monoisotopic (exact) mass is 412 g/mol. The van der Waals surface area contributed by atoms with Gasteiger partial charge in [0.1, 0.15) is 10.8 Å². The van der Waals surface area contributed by atoms with Gasteiger partial charge in [-0.1, -0.05) is 42.5 Å². The third kappa shape index (κ3) is 10.3. The van der Waals surface area contributed by atoms with Crippen molar-refractivity contribution >= 4 is 17.7 Å². The molecule has 2 unspecified atom stereocenters. The van der Waals surface area contributed by atoms with E-state index in [1.807, 2.05) is 0 Å². The van der Waals surface area contributed by atoms with Gasteiger partial charge < -0.3 is 24.6 Å². The lowest BCUT2D eigenvalue weighted by molar-refractivity contribution is -0.187. The number of nitrogens with zero attached hydrogens (tertiary/aromatic N) is 1. The molecule has 8 heteroatoms. The van der Waals surface area contributed by atoms with E-state index in [0.717, 1.165) is 5.56 Å². The van der Waals surface area contributed by atoms with E-state index in [9.17, 15) is 9.90 Å². The van der Waals surface area contributed by atoms with Crippen molar-refractivity contribution in [2.45, 2.75) is 58.7 Å². The number of aliphatic hydroxyl groups excluding tert-OH is 1. The zero-order valence-corrected chi connectivity index (χ0v) is 17.5. The highest BCUT2D eigenvalue weighted by molar-refractivity contribution is 6.29. The van der Waals surface area contributed by atoms with Gasteiger partial charge in [0, 0.05) is 18.5 Å². The second kappa shape index (κ2) is 11.7. The Bertz CT molecular complexity index is 673. The van der Waals surface area contributed by atoms with Gasteiger partial charge in [0.25, 0.3) is 0 Å². The molecule has 1 aromatic heterocycles. The Hall–Kier alpha value is -2.09. The van der Waals surface area contributed by atoms with Crippen LogP contribution in [0.25, 0.3) is 0 Å². The maximum Gasteiger partial charge on any atom is 0.407 e. The summed E-state index contributed by atoms with van der Waals surface area (Å²) in [4.78, 5) is 15.9. The molecule has 156 valence electrons. The van der Waals surface area contributed by atoms with Gasteiger partial charge in [-0.05, 0) is 40.2 Å². The van der Waals surface area contributed by atoms with Crippen LogP contribution in [-0.4, -0.2) is 40.9 Å². The van der Waals surface area contributed by atoms with Gasteiger partial charge in [0.2, 0.25) is 12.2 Å². The molecule has 0 aliphatic heterocycles. The van der Waals surface area contributed by atoms with Crippen molar-refractivity contribution in [3.05, 3.63) is 47.7 Å². The molecule has 7 nitrogen and oxygen atoms in total. The van der Waals surface area contributed by atoms with Gasteiger partial charge in [-0.15, -0.1) is 0 Å². The van der Waals surface area contributed by atoms with Crippen LogP contribution in [0.2, 0.25) is 5.15 Å². The molecule has 0 spiro atoms. The molecule has 1 aromatic rings. The van der Waals surface area contributed by atoms with Crippen LogP contribution in [0.15, 0.2) is 36.9 Å². The number of hydrogen-bond acceptors (Lipinski definition) is 6. The van der Waals surface area contributed by atoms with Gasteiger partial charge >= 0.3 is 6.09 Å². The fourth-order valence-corrected chi connectivity index (χ4v) is 2.25. The molecule has 1 heterocycles. The molecule has 0 saturated carbocycles. The first-order valence-corrected chi connectivity index (χ1v) is 9.38. The minimum atomic E-state index is -1.03. The van der Waals surface area contributed by atoms with Crippen molar-refractivity contribution in [3.8, 4) is 5.88 Å². The van der Waals surface area contributed by atoms with Crippen molar-refractivity contribution in [1.29, 1.82) is 0 Å². The summed E-state index contributed by atoms with van der Waals surface area (Å²) in [7, 11) is 0. The molecule has 0 aliphatic carbocycles. The Morgan fingerprint density at radius 3 is 2.79 bits per heavy atom. The molecule has 0 aromatic carbocycles. The molecule has 0 saturated heterocycles. The zero-order chi connectivity index (χ0) is 21.2. The lowest BCUT2D eigenvalue weighted by Gasteiger charge is -2.21. The second-order valence-electron chi connectivity index (χ2n) is 6.95. The number of rotatable bonds is 10. The van der Waals surface area contributed by atoms with E-state index in [1.165, 1.54) is 0 Å². The third-order valence-electron chi connectivity index (χ3n) is 3.20. The molecule has 1 rings (SSSR count). The first kappa shape index (κ1) is 23.9. The first-order chi connectivity index (χ1) is 13.1. The number of aromatic nitrogens is 1. The fourth-order valence-electron chi connectivity index (χ4n) is 2.11. The highest BCUT2D eigenvalue weighted by Gasteiger charge is 2.17. The summed E-state index contributed by atoms with van der Waals surface area (Å²) in [6, 6.07) is 3.40. The Labute approximate surface area is 171 Å². The van der Waals surface area contributed by atoms with Crippen LogP contribution in [0.1, 0.15) is 39.7 Å². The molecule has 0 radical (unpaired) electrons. The summed E-state index contributed by atoms with van der Waals surface area (Å²) in [5, 5.41) is 12.8. The van der Waals surface area contributed by atoms with E-state index in [0.29, 0.717) is 19.4 Å². The summed E-state index contributed by atoms with van der Waals surface area (Å²) in [5.41, 5.74) is 0.172. The van der Waals surface area contributed by atoms with Crippen LogP contribution < -0.4 is 10.1 Å². The maximum atomic E-state index is 11.7. The van der Waals surface area contributed by atoms with Gasteiger partial charge in [-0.2, -0.15) is 0 Å². The van der Waals surface area contributed by atoms with E-state index < -0.39 is 24.3 Å². The number of nitrogens with one attached hydrogen (secondary N) is 1. The maximum absolute atomic E-state index is 11.7. The van der Waals surface area contributed by atoms with E-state index in [1.54, 1.807) is 58.1 Å². The number of alkyl carbamates (subject to hydrolysis) is 1. The normalized spacial score (nSPS) is 13.8. The number of amides is 1. The predicted molar refractivity (Wildman–Crippen MR) is 108 cm³/mol. The standard InChI is InChI=1S/C20H29ClN2O5/c1-6-7-8-9-17(24)26-14(2)27-18-15(10-11-16(21)23-18)12-13-22-19(25)28-20(3,4)5/h6-8,10-11,14,17,24H,1,9,12-13H2,2-5H3,(H,22,25)/b8-7-. The molecular weight excluding hydrogens is 384 g/mol. The summed E-state index contributed by atoms with van der Waals surface area (Å²) < 4.78 is 16.2. The Balaban J connectivity index is 2.62. The third-order valence-corrected chi connectivity index (χ3v) is 3.41. The Morgan fingerprint density at radius 2 is 2.14 bits per heavy atom. The highest BCUT2D eigenvalue weighted by atomic mass is 35.5. The molecule has 0 fully saturated rings. The summed E-state index contributed by atoms with van der Waals surface area (Å²) in [6.07, 6.45) is 3.54. The number of carbonyl (C=O) groups excluding carboxylic acids is 1. The zero-order valence-electron chi connectivity index (χ0n) is 16.8.